The molecule has 2 rings (SSSR count). The highest BCUT2D eigenvalue weighted by atomic mass is 32.2. The van der Waals surface area contributed by atoms with Crippen LogP contribution >= 0.6 is 0 Å². The van der Waals surface area contributed by atoms with Crippen LogP contribution in [0.3, 0.4) is 0 Å². The molecule has 0 amide bonds. The maximum atomic E-state index is 11.4. The molecule has 2 aromatic rings. The minimum atomic E-state index is -4.36. The number of ether oxygens (including phenoxy) is 1. The van der Waals surface area contributed by atoms with E-state index in [0.717, 1.165) is 5.75 Å². The van der Waals surface area contributed by atoms with E-state index in [2.05, 4.69) is 5.32 Å². The smallest absolute Gasteiger partial charge is 0.296 e. The van der Waals surface area contributed by atoms with E-state index in [9.17, 15) is 13.0 Å². The van der Waals surface area contributed by atoms with Crippen LogP contribution in [0, 0.1) is 0 Å². The van der Waals surface area contributed by atoms with Crippen molar-refractivity contribution in [1.82, 2.24) is 0 Å². The van der Waals surface area contributed by atoms with Gasteiger partial charge in [0.15, 0.2) is 0 Å². The summed E-state index contributed by atoms with van der Waals surface area (Å²) in [4.78, 5) is -0.267. The van der Waals surface area contributed by atoms with Gasteiger partial charge in [-0.3, -0.25) is 4.55 Å². The summed E-state index contributed by atoms with van der Waals surface area (Å²) in [5.74, 6) is 0.718. The number of hydrogen-bond acceptors (Lipinski definition) is 5. The molecule has 112 valence electrons. The van der Waals surface area contributed by atoms with Gasteiger partial charge in [0.25, 0.3) is 10.1 Å². The van der Waals surface area contributed by atoms with Crippen LogP contribution in [0.4, 0.5) is 17.1 Å². The molecule has 0 radical (unpaired) electrons. The number of nitrogens with two attached hydrogens (primary N) is 1. The molecule has 2 aromatic carbocycles. The molecule has 0 unspecified atom stereocenters. The summed E-state index contributed by atoms with van der Waals surface area (Å²) in [6.07, 6.45) is 0. The van der Waals surface area contributed by atoms with E-state index in [1.807, 2.05) is 6.92 Å². The van der Waals surface area contributed by atoms with Crippen molar-refractivity contribution >= 4 is 27.2 Å². The van der Waals surface area contributed by atoms with E-state index in [0.29, 0.717) is 12.3 Å². The Balaban J connectivity index is 2.31. The number of nitrogens with one attached hydrogen (secondary N) is 1. The number of hydrogen-bond donors (Lipinski definition) is 3. The average molecular weight is 308 g/mol. The molecule has 0 aliphatic carbocycles. The molecule has 0 aromatic heterocycles. The van der Waals surface area contributed by atoms with Gasteiger partial charge in [0.2, 0.25) is 0 Å². The van der Waals surface area contributed by atoms with Crippen LogP contribution in [0.2, 0.25) is 0 Å². The molecular weight excluding hydrogens is 292 g/mol. The second-order valence-corrected chi connectivity index (χ2v) is 5.70. The molecule has 0 atom stereocenters. The third kappa shape index (κ3) is 3.87. The van der Waals surface area contributed by atoms with E-state index in [1.165, 1.54) is 12.1 Å². The molecule has 0 aliphatic heterocycles. The average Bonchev–Trinajstić information content (AvgIpc) is 2.42. The van der Waals surface area contributed by atoms with E-state index < -0.39 is 10.1 Å². The summed E-state index contributed by atoms with van der Waals surface area (Å²) in [5, 5.41) is 2.93. The van der Waals surface area contributed by atoms with Gasteiger partial charge in [-0.1, -0.05) is 0 Å². The molecule has 0 saturated heterocycles. The third-order valence-corrected chi connectivity index (χ3v) is 3.62. The molecule has 0 bridgehead atoms. The predicted molar refractivity (Wildman–Crippen MR) is 81.6 cm³/mol. The van der Waals surface area contributed by atoms with E-state index in [-0.39, 0.29) is 16.3 Å². The van der Waals surface area contributed by atoms with Crippen LogP contribution in [0.1, 0.15) is 6.92 Å². The highest BCUT2D eigenvalue weighted by molar-refractivity contribution is 7.86. The first-order valence-corrected chi connectivity index (χ1v) is 7.71. The Morgan fingerprint density at radius 1 is 1.19 bits per heavy atom. The van der Waals surface area contributed by atoms with Crippen LogP contribution in [-0.2, 0) is 10.1 Å². The fourth-order valence-corrected chi connectivity index (χ4v) is 2.49. The largest absolute Gasteiger partial charge is 0.494 e. The van der Waals surface area contributed by atoms with Crippen LogP contribution in [0.25, 0.3) is 0 Å². The number of benzene rings is 2. The predicted octanol–water partition coefficient (Wildman–Crippen LogP) is 2.66. The van der Waals surface area contributed by atoms with Crippen molar-refractivity contribution in [2.45, 2.75) is 11.8 Å². The molecule has 7 heteroatoms. The second-order valence-electron chi connectivity index (χ2n) is 4.31. The van der Waals surface area contributed by atoms with Gasteiger partial charge in [-0.25, -0.2) is 0 Å². The highest BCUT2D eigenvalue weighted by Crippen LogP contribution is 2.27. The minimum absolute atomic E-state index is 0.246. The van der Waals surface area contributed by atoms with Gasteiger partial charge in [0.05, 0.1) is 12.3 Å². The fourth-order valence-electron chi connectivity index (χ4n) is 1.81. The van der Waals surface area contributed by atoms with Gasteiger partial charge in [-0.05, 0) is 49.4 Å². The van der Waals surface area contributed by atoms with Crippen LogP contribution < -0.4 is 15.8 Å². The normalized spacial score (nSPS) is 11.1. The molecule has 0 aliphatic rings. The Kier molecular flexibility index (Phi) is 4.35. The maximum Gasteiger partial charge on any atom is 0.296 e. The first-order chi connectivity index (χ1) is 9.90. The molecule has 6 nitrogen and oxygen atoms in total. The van der Waals surface area contributed by atoms with E-state index >= 15 is 0 Å². The van der Waals surface area contributed by atoms with Crippen LogP contribution in [0.5, 0.6) is 5.75 Å². The van der Waals surface area contributed by atoms with Gasteiger partial charge >= 0.3 is 0 Å². The van der Waals surface area contributed by atoms with Crippen molar-refractivity contribution in [3.63, 3.8) is 0 Å². The summed E-state index contributed by atoms with van der Waals surface area (Å²) in [7, 11) is -4.36. The van der Waals surface area contributed by atoms with Gasteiger partial charge in [-0.2, -0.15) is 8.42 Å². The summed E-state index contributed by atoms with van der Waals surface area (Å²) >= 11 is 0. The van der Waals surface area contributed by atoms with Crippen molar-refractivity contribution in [2.24, 2.45) is 0 Å². The van der Waals surface area contributed by atoms with Crippen molar-refractivity contribution in [1.29, 1.82) is 0 Å². The number of anilines is 3. The Morgan fingerprint density at radius 2 is 1.86 bits per heavy atom. The molecular formula is C14H16N2O4S. The lowest BCUT2D eigenvalue weighted by Crippen LogP contribution is -2.04. The van der Waals surface area contributed by atoms with E-state index in [1.54, 1.807) is 30.3 Å². The Hall–Kier alpha value is -2.25. The highest BCUT2D eigenvalue weighted by Gasteiger charge is 2.16. The molecule has 21 heavy (non-hydrogen) atoms. The zero-order valence-electron chi connectivity index (χ0n) is 11.4. The molecule has 0 spiro atoms. The topological polar surface area (TPSA) is 102 Å². The lowest BCUT2D eigenvalue weighted by molar-refractivity contribution is 0.340. The summed E-state index contributed by atoms with van der Waals surface area (Å²) < 4.78 is 37.3. The zero-order valence-corrected chi connectivity index (χ0v) is 12.2. The van der Waals surface area contributed by atoms with Crippen molar-refractivity contribution in [3.05, 3.63) is 42.5 Å². The molecule has 4 N–H and O–H groups in total. The zero-order chi connectivity index (χ0) is 15.5. The Bertz CT molecular complexity index is 727. The quantitative estimate of drug-likeness (QED) is 0.580. The SMILES string of the molecule is CCOc1ccc(Nc2ccc(N)cc2S(=O)(=O)O)cc1. The number of rotatable bonds is 5. The van der Waals surface area contributed by atoms with Gasteiger partial charge < -0.3 is 15.8 Å². The van der Waals surface area contributed by atoms with Crippen molar-refractivity contribution in [3.8, 4) is 5.75 Å². The minimum Gasteiger partial charge on any atom is -0.494 e. The Morgan fingerprint density at radius 3 is 2.43 bits per heavy atom. The molecule has 0 heterocycles. The standard InChI is InChI=1S/C14H16N2O4S/c1-2-20-12-6-4-11(5-7-12)16-13-8-3-10(15)9-14(13)21(17,18)19/h3-9,16H,2,15H2,1H3,(H,17,18,19). The van der Waals surface area contributed by atoms with Crippen LogP contribution in [-0.4, -0.2) is 19.6 Å². The van der Waals surface area contributed by atoms with Gasteiger partial charge in [0.1, 0.15) is 10.6 Å². The summed E-state index contributed by atoms with van der Waals surface area (Å²) in [5.41, 5.74) is 6.71. The monoisotopic (exact) mass is 308 g/mol. The first-order valence-electron chi connectivity index (χ1n) is 6.27. The molecule has 0 fully saturated rings. The Labute approximate surface area is 123 Å². The van der Waals surface area contributed by atoms with Crippen molar-refractivity contribution < 1.29 is 17.7 Å². The second kappa shape index (κ2) is 6.02. The summed E-state index contributed by atoms with van der Waals surface area (Å²) in [6.45, 7) is 2.45. The lowest BCUT2D eigenvalue weighted by atomic mass is 10.2. The maximum absolute atomic E-state index is 11.4. The number of nitrogen functional groups attached to an aromatic ring is 1. The molecule has 0 saturated carbocycles. The summed E-state index contributed by atoms with van der Waals surface area (Å²) in [6, 6.07) is 11.3. The first kappa shape index (κ1) is 15.1. The van der Waals surface area contributed by atoms with Gasteiger partial charge in [-0.15, -0.1) is 0 Å². The lowest BCUT2D eigenvalue weighted by Gasteiger charge is -2.11. The van der Waals surface area contributed by atoms with E-state index in [4.69, 9.17) is 10.5 Å². The van der Waals surface area contributed by atoms with Crippen molar-refractivity contribution in [2.75, 3.05) is 17.7 Å². The fraction of sp³-hybridized carbons (Fsp3) is 0.143. The third-order valence-electron chi connectivity index (χ3n) is 2.73. The van der Waals surface area contributed by atoms with Crippen LogP contribution in [0.15, 0.2) is 47.4 Å². The van der Waals surface area contributed by atoms with Gasteiger partial charge in [0, 0.05) is 11.4 Å².